The number of hydrazone groups is 1. The summed E-state index contributed by atoms with van der Waals surface area (Å²) in [4.78, 5) is 12.1. The second-order valence-corrected chi connectivity index (χ2v) is 5.78. The van der Waals surface area contributed by atoms with Gasteiger partial charge in [0.05, 0.1) is 21.8 Å². The van der Waals surface area contributed by atoms with Gasteiger partial charge in [-0.1, -0.05) is 11.6 Å². The molecule has 0 aliphatic heterocycles. The first-order valence-electron chi connectivity index (χ1n) is 6.06. The van der Waals surface area contributed by atoms with Crippen molar-refractivity contribution in [1.29, 1.82) is 0 Å². The van der Waals surface area contributed by atoms with Crippen LogP contribution in [0.25, 0.3) is 0 Å². The van der Waals surface area contributed by atoms with Crippen LogP contribution in [-0.2, 0) is 17.5 Å². The minimum absolute atomic E-state index is 0.0125. The van der Waals surface area contributed by atoms with E-state index in [1.54, 1.807) is 0 Å². The Morgan fingerprint density at radius 2 is 2.22 bits per heavy atom. The Hall–Kier alpha value is -1.94. The molecule has 2 rings (SSSR count). The summed E-state index contributed by atoms with van der Waals surface area (Å²) in [6, 6.07) is 2.70. The fourth-order valence-corrected chi connectivity index (χ4v) is 2.44. The van der Waals surface area contributed by atoms with Gasteiger partial charge in [0, 0.05) is 0 Å². The first kappa shape index (κ1) is 17.4. The highest BCUT2D eigenvalue weighted by atomic mass is 35.5. The van der Waals surface area contributed by atoms with Gasteiger partial charge in [-0.3, -0.25) is 9.48 Å². The van der Waals surface area contributed by atoms with Gasteiger partial charge in [-0.05, 0) is 19.1 Å². The highest BCUT2D eigenvalue weighted by Gasteiger charge is 2.38. The molecule has 0 unspecified atom stereocenters. The zero-order valence-electron chi connectivity index (χ0n) is 11.5. The van der Waals surface area contributed by atoms with E-state index in [1.807, 2.05) is 0 Å². The largest absolute Gasteiger partial charge is 0.436 e. The summed E-state index contributed by atoms with van der Waals surface area (Å²) in [6.45, 7) is 0.827. The molecule has 0 aliphatic rings. The molecule has 0 aliphatic carbocycles. The monoisotopic (exact) mass is 368 g/mol. The molecular weight excluding hydrogens is 360 g/mol. The molecule has 0 fully saturated rings. The second kappa shape index (κ2) is 6.67. The molecule has 0 spiro atoms. The predicted molar refractivity (Wildman–Crippen MR) is 77.0 cm³/mol. The summed E-state index contributed by atoms with van der Waals surface area (Å²) in [5.74, 6) is -0.700. The summed E-state index contributed by atoms with van der Waals surface area (Å²) < 4.78 is 51.5. The Morgan fingerprint density at radius 1 is 1.52 bits per heavy atom. The van der Waals surface area contributed by atoms with Crippen LogP contribution in [0.2, 0.25) is 5.02 Å². The van der Waals surface area contributed by atoms with Crippen molar-refractivity contribution in [2.75, 3.05) is 0 Å². The molecule has 2 aromatic rings. The first-order chi connectivity index (χ1) is 10.7. The van der Waals surface area contributed by atoms with Gasteiger partial charge in [-0.25, -0.2) is 5.43 Å². The number of amides is 1. The number of nitrogens with zero attached hydrogens (tertiary/aromatic N) is 3. The molecule has 0 saturated heterocycles. The summed E-state index contributed by atoms with van der Waals surface area (Å²) in [5.41, 5.74) is 0.877. The molecule has 2 aromatic heterocycles. The molecule has 2 heterocycles. The third-order valence-electron chi connectivity index (χ3n) is 2.67. The van der Waals surface area contributed by atoms with Crippen LogP contribution in [0.1, 0.15) is 16.3 Å². The van der Waals surface area contributed by atoms with Crippen LogP contribution < -0.4 is 5.43 Å². The van der Waals surface area contributed by atoms with Crippen molar-refractivity contribution in [3.8, 4) is 0 Å². The van der Waals surface area contributed by atoms with E-state index < -0.39 is 34.5 Å². The molecule has 124 valence electrons. The Bertz CT molecular complexity index is 753. The molecule has 0 saturated carbocycles. The lowest BCUT2D eigenvalue weighted by molar-refractivity contribution is -0.141. The fourth-order valence-electron chi connectivity index (χ4n) is 1.60. The smallest absolute Gasteiger partial charge is 0.271 e. The first-order valence-corrected chi connectivity index (χ1v) is 7.25. The maximum absolute atomic E-state index is 12.7. The molecule has 1 amide bonds. The standard InChI is InChI=1S/C12H9ClF4N4OS/c1-6-10(13)11(12(15,16)17)20-21(6)5-9(22)19-18-4-7-2-3-8(14)23-7/h2-4H,5H2,1H3,(H,19,22). The van der Waals surface area contributed by atoms with Crippen LogP contribution >= 0.6 is 22.9 Å². The van der Waals surface area contributed by atoms with Gasteiger partial charge in [0.25, 0.3) is 5.91 Å². The van der Waals surface area contributed by atoms with Crippen molar-refractivity contribution in [2.24, 2.45) is 5.10 Å². The SMILES string of the molecule is Cc1c(Cl)c(C(F)(F)F)nn1CC(=O)NN=Cc1ccc(F)s1. The molecule has 0 bridgehead atoms. The van der Waals surface area contributed by atoms with Crippen LogP contribution in [0.5, 0.6) is 0 Å². The number of thiophene rings is 1. The van der Waals surface area contributed by atoms with Crippen LogP contribution in [0, 0.1) is 12.1 Å². The number of hydrogen-bond acceptors (Lipinski definition) is 4. The maximum atomic E-state index is 12.7. The van der Waals surface area contributed by atoms with Crippen LogP contribution in [0.4, 0.5) is 17.6 Å². The number of rotatable bonds is 4. The van der Waals surface area contributed by atoms with Crippen LogP contribution in [-0.4, -0.2) is 21.9 Å². The Morgan fingerprint density at radius 3 is 2.74 bits per heavy atom. The van der Waals surface area contributed by atoms with E-state index in [-0.39, 0.29) is 5.69 Å². The van der Waals surface area contributed by atoms with E-state index in [4.69, 9.17) is 11.6 Å². The molecule has 0 aromatic carbocycles. The molecule has 5 nitrogen and oxygen atoms in total. The Balaban J connectivity index is 2.02. The van der Waals surface area contributed by atoms with Gasteiger partial charge in [0.15, 0.2) is 10.8 Å². The minimum atomic E-state index is -4.70. The zero-order valence-corrected chi connectivity index (χ0v) is 13.1. The lowest BCUT2D eigenvalue weighted by atomic mass is 10.3. The summed E-state index contributed by atoms with van der Waals surface area (Å²) >= 11 is 6.40. The minimum Gasteiger partial charge on any atom is -0.271 e. The molecular formula is C12H9ClF4N4OS. The van der Waals surface area contributed by atoms with Crippen molar-refractivity contribution in [3.05, 3.63) is 38.6 Å². The number of carbonyl (C=O) groups is 1. The van der Waals surface area contributed by atoms with Gasteiger partial charge in [-0.15, -0.1) is 11.3 Å². The number of halogens is 5. The number of aromatic nitrogens is 2. The lowest BCUT2D eigenvalue weighted by Crippen LogP contribution is -2.24. The van der Waals surface area contributed by atoms with Crippen molar-refractivity contribution >= 4 is 35.1 Å². The Labute approximate surface area is 136 Å². The number of alkyl halides is 3. The summed E-state index contributed by atoms with van der Waals surface area (Å²) in [7, 11) is 0. The van der Waals surface area contributed by atoms with Gasteiger partial charge in [0.2, 0.25) is 0 Å². The van der Waals surface area contributed by atoms with Gasteiger partial charge in [-0.2, -0.15) is 27.8 Å². The van der Waals surface area contributed by atoms with E-state index >= 15 is 0 Å². The van der Waals surface area contributed by atoms with Crippen molar-refractivity contribution in [2.45, 2.75) is 19.6 Å². The van der Waals surface area contributed by atoms with Gasteiger partial charge >= 0.3 is 6.18 Å². The normalized spacial score (nSPS) is 12.1. The number of nitrogens with one attached hydrogen (secondary N) is 1. The average molecular weight is 369 g/mol. The molecule has 0 radical (unpaired) electrons. The van der Waals surface area contributed by atoms with E-state index in [0.717, 1.165) is 16.0 Å². The van der Waals surface area contributed by atoms with Crippen molar-refractivity contribution < 1.29 is 22.4 Å². The molecule has 1 N–H and O–H groups in total. The maximum Gasteiger partial charge on any atom is 0.436 e. The predicted octanol–water partition coefficient (Wildman–Crippen LogP) is 3.21. The number of carbonyl (C=O) groups excluding carboxylic acids is 1. The highest BCUT2D eigenvalue weighted by Crippen LogP contribution is 2.35. The molecule has 0 atom stereocenters. The van der Waals surface area contributed by atoms with E-state index in [9.17, 15) is 22.4 Å². The molecule has 23 heavy (non-hydrogen) atoms. The van der Waals surface area contributed by atoms with E-state index in [1.165, 1.54) is 25.3 Å². The topological polar surface area (TPSA) is 59.3 Å². The third kappa shape index (κ3) is 4.29. The third-order valence-corrected chi connectivity index (χ3v) is 3.93. The van der Waals surface area contributed by atoms with Gasteiger partial charge in [0.1, 0.15) is 6.54 Å². The number of hydrogen-bond donors (Lipinski definition) is 1. The summed E-state index contributed by atoms with van der Waals surface area (Å²) in [5, 5.41) is 5.91. The van der Waals surface area contributed by atoms with Crippen molar-refractivity contribution in [1.82, 2.24) is 15.2 Å². The second-order valence-electron chi connectivity index (χ2n) is 4.34. The van der Waals surface area contributed by atoms with Gasteiger partial charge < -0.3 is 0 Å². The lowest BCUT2D eigenvalue weighted by Gasteiger charge is -2.03. The van der Waals surface area contributed by atoms with E-state index in [2.05, 4.69) is 15.6 Å². The van der Waals surface area contributed by atoms with E-state index in [0.29, 0.717) is 4.88 Å². The highest BCUT2D eigenvalue weighted by molar-refractivity contribution is 7.12. The quantitative estimate of drug-likeness (QED) is 0.512. The van der Waals surface area contributed by atoms with Crippen LogP contribution in [0.3, 0.4) is 0 Å². The zero-order chi connectivity index (χ0) is 17.2. The fraction of sp³-hybridized carbons (Fsp3) is 0.250. The Kier molecular flexibility index (Phi) is 5.05. The summed E-state index contributed by atoms with van der Waals surface area (Å²) in [6.07, 6.45) is -3.49. The van der Waals surface area contributed by atoms with Crippen LogP contribution in [0.15, 0.2) is 17.2 Å². The molecule has 11 heteroatoms. The van der Waals surface area contributed by atoms with Crippen molar-refractivity contribution in [3.63, 3.8) is 0 Å². The average Bonchev–Trinajstić information content (AvgIpc) is 2.97.